The molecule has 0 spiro atoms. The van der Waals surface area contributed by atoms with Crippen LogP contribution >= 0.6 is 0 Å². The molecule has 2 amide bonds. The topological polar surface area (TPSA) is 155 Å². The Kier molecular flexibility index (Phi) is 4.69. The van der Waals surface area contributed by atoms with Crippen molar-refractivity contribution in [3.8, 4) is 0 Å². The minimum absolute atomic E-state index is 0.110. The number of carbonyl (C=O) groups is 3. The predicted octanol–water partition coefficient (Wildman–Crippen LogP) is 2.05. The molecule has 4 heterocycles. The number of carbonyl (C=O) groups excluding carboxylic acids is 3. The highest BCUT2D eigenvalue weighted by Crippen LogP contribution is 2.42. The summed E-state index contributed by atoms with van der Waals surface area (Å²) in [5.74, 6) is -2.31. The van der Waals surface area contributed by atoms with Gasteiger partial charge in [0.15, 0.2) is 5.82 Å². The summed E-state index contributed by atoms with van der Waals surface area (Å²) in [7, 11) is 0. The molecule has 0 bridgehead atoms. The maximum Gasteiger partial charge on any atom is 0.301 e. The van der Waals surface area contributed by atoms with Gasteiger partial charge in [-0.3, -0.25) is 24.3 Å². The first-order valence-electron chi connectivity index (χ1n) is 9.36. The Bertz CT molecular complexity index is 1250. The van der Waals surface area contributed by atoms with Crippen LogP contribution in [-0.4, -0.2) is 37.8 Å². The predicted molar refractivity (Wildman–Crippen MR) is 109 cm³/mol. The highest BCUT2D eigenvalue weighted by molar-refractivity contribution is 6.51. The van der Waals surface area contributed by atoms with Gasteiger partial charge in [-0.1, -0.05) is 11.2 Å². The largest absolute Gasteiger partial charge is 0.507 e. The number of nitrogens with one attached hydrogen (secondary N) is 1. The van der Waals surface area contributed by atoms with E-state index in [0.29, 0.717) is 22.6 Å². The van der Waals surface area contributed by atoms with Gasteiger partial charge in [-0.25, -0.2) is 0 Å². The van der Waals surface area contributed by atoms with Gasteiger partial charge in [-0.05, 0) is 38.0 Å². The van der Waals surface area contributed by atoms with Crippen molar-refractivity contribution in [2.75, 3.05) is 4.90 Å². The highest BCUT2D eigenvalue weighted by Gasteiger charge is 2.48. The van der Waals surface area contributed by atoms with Crippen LogP contribution in [0.1, 0.15) is 44.7 Å². The van der Waals surface area contributed by atoms with E-state index in [-0.39, 0.29) is 22.6 Å². The lowest BCUT2D eigenvalue weighted by atomic mass is 9.95. The zero-order chi connectivity index (χ0) is 22.4. The van der Waals surface area contributed by atoms with Crippen molar-refractivity contribution in [2.24, 2.45) is 5.73 Å². The number of rotatable bonds is 4. The summed E-state index contributed by atoms with van der Waals surface area (Å²) in [5.41, 5.74) is 6.87. The minimum atomic E-state index is -0.996. The molecule has 1 aliphatic rings. The molecule has 31 heavy (non-hydrogen) atoms. The van der Waals surface area contributed by atoms with Crippen molar-refractivity contribution >= 4 is 29.2 Å². The van der Waals surface area contributed by atoms with Gasteiger partial charge in [-0.2, -0.15) is 0 Å². The number of amides is 2. The lowest BCUT2D eigenvalue weighted by Crippen LogP contribution is -2.29. The molecule has 10 nitrogen and oxygen atoms in total. The first-order valence-corrected chi connectivity index (χ1v) is 9.36. The minimum Gasteiger partial charge on any atom is -0.507 e. The number of aliphatic hydroxyl groups is 1. The average molecular weight is 421 g/mol. The normalized spacial score (nSPS) is 18.0. The van der Waals surface area contributed by atoms with E-state index in [0.717, 1.165) is 4.90 Å². The number of anilines is 1. The van der Waals surface area contributed by atoms with Gasteiger partial charge in [-0.15, -0.1) is 0 Å². The number of Topliss-reactive ketones (excluding diaryl/α,β-unsaturated/α-hetero) is 1. The van der Waals surface area contributed by atoms with Crippen LogP contribution in [0.15, 0.2) is 40.7 Å². The molecule has 1 saturated heterocycles. The van der Waals surface area contributed by atoms with Crippen molar-refractivity contribution in [2.45, 2.75) is 26.8 Å². The van der Waals surface area contributed by atoms with Gasteiger partial charge in [0, 0.05) is 29.7 Å². The van der Waals surface area contributed by atoms with Crippen LogP contribution in [0.4, 0.5) is 5.82 Å². The lowest BCUT2D eigenvalue weighted by Gasteiger charge is -2.22. The van der Waals surface area contributed by atoms with Crippen LogP contribution < -0.4 is 10.6 Å². The monoisotopic (exact) mass is 421 g/mol. The van der Waals surface area contributed by atoms with E-state index < -0.39 is 29.4 Å². The third-order valence-electron chi connectivity index (χ3n) is 5.23. The summed E-state index contributed by atoms with van der Waals surface area (Å²) in [5, 5.41) is 15.1. The zero-order valence-electron chi connectivity index (χ0n) is 17.0. The van der Waals surface area contributed by atoms with E-state index in [2.05, 4.69) is 15.1 Å². The number of pyridine rings is 1. The Balaban J connectivity index is 1.99. The molecular formula is C21H19N5O5. The van der Waals surface area contributed by atoms with Gasteiger partial charge < -0.3 is 20.3 Å². The molecule has 158 valence electrons. The van der Waals surface area contributed by atoms with Crippen molar-refractivity contribution < 1.29 is 24.0 Å². The van der Waals surface area contributed by atoms with Gasteiger partial charge in [0.05, 0.1) is 11.6 Å². The summed E-state index contributed by atoms with van der Waals surface area (Å²) in [4.78, 5) is 45.8. The number of primary amides is 1. The van der Waals surface area contributed by atoms with Gasteiger partial charge in [0.25, 0.3) is 11.7 Å². The van der Waals surface area contributed by atoms with Gasteiger partial charge >= 0.3 is 5.91 Å². The number of aliphatic hydroxyl groups excluding tert-OH is 1. The molecule has 10 heteroatoms. The van der Waals surface area contributed by atoms with Gasteiger partial charge in [0.2, 0.25) is 0 Å². The van der Waals surface area contributed by atoms with Crippen LogP contribution in [0.5, 0.6) is 0 Å². The molecule has 0 saturated carbocycles. The van der Waals surface area contributed by atoms with E-state index >= 15 is 0 Å². The van der Waals surface area contributed by atoms with Crippen molar-refractivity contribution in [1.82, 2.24) is 15.1 Å². The fraction of sp³-hybridized carbons (Fsp3) is 0.190. The molecular weight excluding hydrogens is 402 g/mol. The summed E-state index contributed by atoms with van der Waals surface area (Å²) in [6, 6.07) is 3.86. The molecule has 4 N–H and O–H groups in total. The number of nitrogens with zero attached hydrogens (tertiary/aromatic N) is 3. The lowest BCUT2D eigenvalue weighted by molar-refractivity contribution is -0.132. The van der Waals surface area contributed by atoms with E-state index in [1.165, 1.54) is 12.3 Å². The molecule has 3 aromatic heterocycles. The number of H-pyrrole nitrogens is 1. The Morgan fingerprint density at radius 1 is 1.29 bits per heavy atom. The summed E-state index contributed by atoms with van der Waals surface area (Å²) < 4.78 is 5.09. The second-order valence-corrected chi connectivity index (χ2v) is 7.24. The molecule has 0 aliphatic carbocycles. The van der Waals surface area contributed by atoms with Crippen LogP contribution in [0.2, 0.25) is 0 Å². The average Bonchev–Trinajstić information content (AvgIpc) is 3.37. The maximum atomic E-state index is 13.1. The van der Waals surface area contributed by atoms with Crippen LogP contribution in [0.3, 0.4) is 0 Å². The molecule has 4 rings (SSSR count). The number of aryl methyl sites for hydroxylation is 2. The fourth-order valence-corrected chi connectivity index (χ4v) is 3.88. The SMILES string of the molecule is Cc1cc(N2C(=O)C(=O)/C(=C(/O)c3c(C)[nH]c(C(N)=O)c3C)C2c2cccnc2)no1. The van der Waals surface area contributed by atoms with E-state index in [1.54, 1.807) is 39.1 Å². The number of hydrogen-bond acceptors (Lipinski definition) is 7. The number of hydrogen-bond donors (Lipinski definition) is 3. The first-order chi connectivity index (χ1) is 14.7. The number of aromatic nitrogens is 3. The molecule has 0 radical (unpaired) electrons. The van der Waals surface area contributed by atoms with Crippen LogP contribution in [-0.2, 0) is 9.59 Å². The Morgan fingerprint density at radius 3 is 2.58 bits per heavy atom. The quantitative estimate of drug-likeness (QED) is 0.331. The summed E-state index contributed by atoms with van der Waals surface area (Å²) in [6.07, 6.45) is 3.05. The second-order valence-electron chi connectivity index (χ2n) is 7.24. The standard InChI is InChI=1S/C21H19N5O5/c1-9-7-13(25-31-9)26-17(12-5-4-6-23-8-12)15(19(28)21(26)30)18(27)14-10(2)16(20(22)29)24-11(14)3/h4-8,17,24,27H,1-3H3,(H2,22,29)/b18-15+. The number of nitrogens with two attached hydrogens (primary N) is 1. The van der Waals surface area contributed by atoms with Crippen LogP contribution in [0.25, 0.3) is 5.76 Å². The Morgan fingerprint density at radius 2 is 2.03 bits per heavy atom. The smallest absolute Gasteiger partial charge is 0.301 e. The molecule has 0 aromatic carbocycles. The Labute approximate surface area is 176 Å². The molecule has 1 fully saturated rings. The third kappa shape index (κ3) is 3.08. The number of ketones is 1. The summed E-state index contributed by atoms with van der Waals surface area (Å²) >= 11 is 0. The van der Waals surface area contributed by atoms with Crippen molar-refractivity contribution in [3.63, 3.8) is 0 Å². The van der Waals surface area contributed by atoms with Crippen molar-refractivity contribution in [3.05, 3.63) is 70.0 Å². The summed E-state index contributed by atoms with van der Waals surface area (Å²) in [6.45, 7) is 4.88. The van der Waals surface area contributed by atoms with Gasteiger partial charge in [0.1, 0.15) is 17.2 Å². The van der Waals surface area contributed by atoms with E-state index in [1.807, 2.05) is 0 Å². The van der Waals surface area contributed by atoms with E-state index in [4.69, 9.17) is 10.3 Å². The molecule has 1 atom stereocenters. The first kappa shape index (κ1) is 20.1. The van der Waals surface area contributed by atoms with Crippen molar-refractivity contribution in [1.29, 1.82) is 0 Å². The van der Waals surface area contributed by atoms with E-state index in [9.17, 15) is 19.5 Å². The fourth-order valence-electron chi connectivity index (χ4n) is 3.88. The molecule has 3 aromatic rings. The third-order valence-corrected chi connectivity index (χ3v) is 5.23. The molecule has 1 unspecified atom stereocenters. The Hall–Kier alpha value is -4.21. The zero-order valence-corrected chi connectivity index (χ0v) is 17.0. The maximum absolute atomic E-state index is 13.1. The second kappa shape index (κ2) is 7.24. The highest BCUT2D eigenvalue weighted by atomic mass is 16.5. The van der Waals surface area contributed by atoms with Crippen LogP contribution in [0, 0.1) is 20.8 Å². The molecule has 1 aliphatic heterocycles. The number of aromatic amines is 1.